The minimum absolute atomic E-state index is 0.657. The van der Waals surface area contributed by atoms with E-state index in [9.17, 15) is 0 Å². The summed E-state index contributed by atoms with van der Waals surface area (Å²) in [5.41, 5.74) is 2.03. The summed E-state index contributed by atoms with van der Waals surface area (Å²) in [5.74, 6) is 0.800. The third-order valence-corrected chi connectivity index (χ3v) is 3.80. The molecule has 22 heavy (non-hydrogen) atoms. The molecule has 0 fully saturated rings. The second kappa shape index (κ2) is 6.62. The van der Waals surface area contributed by atoms with Gasteiger partial charge in [0.25, 0.3) is 0 Å². The van der Waals surface area contributed by atoms with Crippen LogP contribution in [0.4, 0.5) is 5.82 Å². The summed E-state index contributed by atoms with van der Waals surface area (Å²) in [6, 6.07) is 10.2. The van der Waals surface area contributed by atoms with Crippen LogP contribution in [-0.2, 0) is 6.54 Å². The van der Waals surface area contributed by atoms with E-state index >= 15 is 0 Å². The molecule has 3 aromatic rings. The first-order chi connectivity index (χ1) is 10.8. The van der Waals surface area contributed by atoms with Gasteiger partial charge in [0, 0.05) is 6.54 Å². The second-order valence-electron chi connectivity index (χ2n) is 4.75. The first kappa shape index (κ1) is 14.6. The zero-order valence-electron chi connectivity index (χ0n) is 12.4. The van der Waals surface area contributed by atoms with Crippen LogP contribution in [0.15, 0.2) is 54.3 Å². The van der Waals surface area contributed by atoms with Crippen molar-refractivity contribution >= 4 is 28.6 Å². The fourth-order valence-electron chi connectivity index (χ4n) is 2.20. The maximum Gasteiger partial charge on any atom is 0.191 e. The SMILES string of the molecule is C=CCNc1nc(SC)nc2c1cnn2Cc1ccccc1. The van der Waals surface area contributed by atoms with Gasteiger partial charge in [-0.2, -0.15) is 5.10 Å². The third-order valence-electron chi connectivity index (χ3n) is 3.25. The zero-order valence-corrected chi connectivity index (χ0v) is 13.2. The minimum Gasteiger partial charge on any atom is -0.366 e. The van der Waals surface area contributed by atoms with Crippen LogP contribution in [0.5, 0.6) is 0 Å². The first-order valence-electron chi connectivity index (χ1n) is 6.98. The second-order valence-corrected chi connectivity index (χ2v) is 5.53. The van der Waals surface area contributed by atoms with Crippen molar-refractivity contribution < 1.29 is 0 Å². The van der Waals surface area contributed by atoms with Crippen LogP contribution in [0, 0.1) is 0 Å². The molecule has 0 aliphatic heterocycles. The van der Waals surface area contributed by atoms with Crippen molar-refractivity contribution in [1.29, 1.82) is 0 Å². The molecule has 0 saturated heterocycles. The Morgan fingerprint density at radius 1 is 1.27 bits per heavy atom. The number of anilines is 1. The van der Waals surface area contributed by atoms with Crippen molar-refractivity contribution in [3.63, 3.8) is 0 Å². The lowest BCUT2D eigenvalue weighted by Crippen LogP contribution is -2.06. The molecule has 0 saturated carbocycles. The van der Waals surface area contributed by atoms with Gasteiger partial charge in [0.2, 0.25) is 0 Å². The maximum atomic E-state index is 4.61. The number of aromatic nitrogens is 4. The van der Waals surface area contributed by atoms with Gasteiger partial charge in [0.1, 0.15) is 5.82 Å². The van der Waals surface area contributed by atoms with Crippen molar-refractivity contribution in [1.82, 2.24) is 19.7 Å². The van der Waals surface area contributed by atoms with Gasteiger partial charge in [-0.15, -0.1) is 6.58 Å². The highest BCUT2D eigenvalue weighted by atomic mass is 32.2. The van der Waals surface area contributed by atoms with Crippen LogP contribution in [0.2, 0.25) is 0 Å². The molecule has 5 nitrogen and oxygen atoms in total. The third kappa shape index (κ3) is 2.96. The van der Waals surface area contributed by atoms with Crippen LogP contribution in [0.3, 0.4) is 0 Å². The van der Waals surface area contributed by atoms with Crippen LogP contribution >= 0.6 is 11.8 Å². The van der Waals surface area contributed by atoms with Gasteiger partial charge >= 0.3 is 0 Å². The molecule has 2 aromatic heterocycles. The number of rotatable bonds is 6. The molecule has 0 unspecified atom stereocenters. The molecule has 1 aromatic carbocycles. The van der Waals surface area contributed by atoms with Gasteiger partial charge in [-0.1, -0.05) is 48.2 Å². The van der Waals surface area contributed by atoms with Crippen LogP contribution in [0.1, 0.15) is 5.56 Å². The molecule has 112 valence electrons. The summed E-state index contributed by atoms with van der Waals surface area (Å²) >= 11 is 1.52. The number of fused-ring (bicyclic) bond motifs is 1. The van der Waals surface area contributed by atoms with Crippen LogP contribution < -0.4 is 5.32 Å². The molecule has 0 aliphatic rings. The molecule has 0 bridgehead atoms. The number of nitrogens with zero attached hydrogens (tertiary/aromatic N) is 4. The zero-order chi connectivity index (χ0) is 15.4. The summed E-state index contributed by atoms with van der Waals surface area (Å²) in [6.07, 6.45) is 5.59. The molecule has 3 rings (SSSR count). The summed E-state index contributed by atoms with van der Waals surface area (Å²) in [7, 11) is 0. The van der Waals surface area contributed by atoms with Crippen LogP contribution in [0.25, 0.3) is 11.0 Å². The van der Waals surface area contributed by atoms with Crippen molar-refractivity contribution in [3.05, 3.63) is 54.7 Å². The minimum atomic E-state index is 0.657. The Bertz CT molecular complexity index is 782. The monoisotopic (exact) mass is 311 g/mol. The predicted molar refractivity (Wildman–Crippen MR) is 91.3 cm³/mol. The smallest absolute Gasteiger partial charge is 0.191 e. The predicted octanol–water partition coefficient (Wildman–Crippen LogP) is 3.19. The van der Waals surface area contributed by atoms with E-state index in [4.69, 9.17) is 0 Å². The molecule has 2 heterocycles. The number of benzene rings is 1. The van der Waals surface area contributed by atoms with Crippen LogP contribution in [-0.4, -0.2) is 32.5 Å². The number of thioether (sulfide) groups is 1. The van der Waals surface area contributed by atoms with Gasteiger partial charge in [0.15, 0.2) is 10.8 Å². The molecule has 1 N–H and O–H groups in total. The van der Waals surface area contributed by atoms with Crippen molar-refractivity contribution in [2.45, 2.75) is 11.7 Å². The molecule has 0 amide bonds. The highest BCUT2D eigenvalue weighted by molar-refractivity contribution is 7.98. The average Bonchev–Trinajstić information content (AvgIpc) is 2.96. The highest BCUT2D eigenvalue weighted by Crippen LogP contribution is 2.23. The summed E-state index contributed by atoms with van der Waals surface area (Å²) in [4.78, 5) is 9.12. The van der Waals surface area contributed by atoms with E-state index in [-0.39, 0.29) is 0 Å². The van der Waals surface area contributed by atoms with Gasteiger partial charge in [0.05, 0.1) is 18.1 Å². The number of nitrogens with one attached hydrogen (secondary N) is 1. The van der Waals surface area contributed by atoms with Gasteiger partial charge < -0.3 is 5.32 Å². The summed E-state index contributed by atoms with van der Waals surface area (Å²) < 4.78 is 1.91. The molecule has 6 heteroatoms. The fourth-order valence-corrected chi connectivity index (χ4v) is 2.56. The highest BCUT2D eigenvalue weighted by Gasteiger charge is 2.12. The Kier molecular flexibility index (Phi) is 4.39. The van der Waals surface area contributed by atoms with Crippen molar-refractivity contribution in [2.24, 2.45) is 0 Å². The van der Waals surface area contributed by atoms with E-state index in [0.29, 0.717) is 13.1 Å². The Balaban J connectivity index is 2.03. The first-order valence-corrected chi connectivity index (χ1v) is 8.20. The lowest BCUT2D eigenvalue weighted by atomic mass is 10.2. The Labute approximate surface area is 133 Å². The Hall–Kier alpha value is -2.34. The van der Waals surface area contributed by atoms with E-state index in [2.05, 4.69) is 39.1 Å². The Morgan fingerprint density at radius 3 is 2.82 bits per heavy atom. The molecular weight excluding hydrogens is 294 g/mol. The Morgan fingerprint density at radius 2 is 2.09 bits per heavy atom. The number of hydrogen-bond acceptors (Lipinski definition) is 5. The van der Waals surface area contributed by atoms with E-state index < -0.39 is 0 Å². The van der Waals surface area contributed by atoms with E-state index in [1.807, 2.05) is 35.3 Å². The topological polar surface area (TPSA) is 55.6 Å². The number of hydrogen-bond donors (Lipinski definition) is 1. The quantitative estimate of drug-likeness (QED) is 0.430. The average molecular weight is 311 g/mol. The fraction of sp³-hybridized carbons (Fsp3) is 0.188. The standard InChI is InChI=1S/C16H17N5S/c1-3-9-17-14-13-10-18-21(11-12-7-5-4-6-8-12)15(13)20-16(19-14)22-2/h3-8,10H,1,9,11H2,2H3,(H,17,19,20). The molecule has 0 aliphatic carbocycles. The lowest BCUT2D eigenvalue weighted by Gasteiger charge is -2.07. The molecule has 0 atom stereocenters. The summed E-state index contributed by atoms with van der Waals surface area (Å²) in [6.45, 7) is 5.07. The van der Waals surface area contributed by atoms with Crippen molar-refractivity contribution in [2.75, 3.05) is 18.1 Å². The molecular formula is C16H17N5S. The van der Waals surface area contributed by atoms with E-state index in [1.54, 1.807) is 6.08 Å². The summed E-state index contributed by atoms with van der Waals surface area (Å²) in [5, 5.41) is 9.38. The van der Waals surface area contributed by atoms with Crippen molar-refractivity contribution in [3.8, 4) is 0 Å². The maximum absolute atomic E-state index is 4.61. The largest absolute Gasteiger partial charge is 0.366 e. The molecule has 0 radical (unpaired) electrons. The normalized spacial score (nSPS) is 10.8. The van der Waals surface area contributed by atoms with Gasteiger partial charge in [-0.3, -0.25) is 0 Å². The lowest BCUT2D eigenvalue weighted by molar-refractivity contribution is 0.699. The van der Waals surface area contributed by atoms with E-state index in [0.717, 1.165) is 22.0 Å². The van der Waals surface area contributed by atoms with Gasteiger partial charge in [-0.25, -0.2) is 14.6 Å². The molecule has 0 spiro atoms. The van der Waals surface area contributed by atoms with Gasteiger partial charge in [-0.05, 0) is 11.8 Å². The van der Waals surface area contributed by atoms with E-state index in [1.165, 1.54) is 17.3 Å².